The molecule has 0 rings (SSSR count). The smallest absolute Gasteiger partial charge is 0.172 e. The van der Waals surface area contributed by atoms with Crippen molar-refractivity contribution in [2.75, 3.05) is 14.2 Å². The molecular weight excluding hydrogens is 196 g/mol. The second-order valence-corrected chi connectivity index (χ2v) is 3.07. The van der Waals surface area contributed by atoms with Gasteiger partial charge in [0.05, 0.1) is 4.83 Å². The van der Waals surface area contributed by atoms with Crippen molar-refractivity contribution in [2.45, 2.75) is 18.0 Å². The molecule has 0 N–H and O–H groups in total. The lowest BCUT2D eigenvalue weighted by molar-refractivity contribution is -0.0952. The van der Waals surface area contributed by atoms with E-state index in [1.165, 1.54) is 0 Å². The zero-order chi connectivity index (χ0) is 8.15. The van der Waals surface area contributed by atoms with Gasteiger partial charge in [0.15, 0.2) is 6.29 Å². The zero-order valence-electron chi connectivity index (χ0n) is 6.56. The van der Waals surface area contributed by atoms with Crippen LogP contribution in [0.25, 0.3) is 0 Å². The van der Waals surface area contributed by atoms with Gasteiger partial charge >= 0.3 is 0 Å². The van der Waals surface area contributed by atoms with Gasteiger partial charge in [-0.1, -0.05) is 28.1 Å². The Bertz CT molecular complexity index is 110. The lowest BCUT2D eigenvalue weighted by atomic mass is 10.2. The monoisotopic (exact) mass is 208 g/mol. The van der Waals surface area contributed by atoms with Gasteiger partial charge in [0, 0.05) is 14.2 Å². The van der Waals surface area contributed by atoms with Gasteiger partial charge in [0.25, 0.3) is 0 Å². The Balaban J connectivity index is 3.88. The molecule has 0 spiro atoms. The van der Waals surface area contributed by atoms with Crippen LogP contribution in [0.1, 0.15) is 6.92 Å². The summed E-state index contributed by atoms with van der Waals surface area (Å²) >= 11 is 3.38. The largest absolute Gasteiger partial charge is 0.354 e. The normalized spacial score (nSPS) is 13.7. The van der Waals surface area contributed by atoms with Gasteiger partial charge in [0.2, 0.25) is 0 Å². The van der Waals surface area contributed by atoms with Gasteiger partial charge in [-0.2, -0.15) is 0 Å². The minimum absolute atomic E-state index is 0.0718. The lowest BCUT2D eigenvalue weighted by Crippen LogP contribution is -2.25. The van der Waals surface area contributed by atoms with Crippen LogP contribution < -0.4 is 0 Å². The van der Waals surface area contributed by atoms with E-state index in [1.807, 2.05) is 6.92 Å². The second-order valence-electron chi connectivity index (χ2n) is 2.09. The van der Waals surface area contributed by atoms with Crippen molar-refractivity contribution in [1.82, 2.24) is 0 Å². The van der Waals surface area contributed by atoms with E-state index in [1.54, 1.807) is 14.2 Å². The standard InChI is InChI=1S/C7H13BrO2/c1-5(2)6(8)7(9-3)10-4/h6-7H,1H2,2-4H3. The van der Waals surface area contributed by atoms with Crippen molar-refractivity contribution < 1.29 is 9.47 Å². The maximum absolute atomic E-state index is 4.99. The van der Waals surface area contributed by atoms with Crippen LogP contribution in [0.5, 0.6) is 0 Å². The average molecular weight is 209 g/mol. The van der Waals surface area contributed by atoms with E-state index in [0.717, 1.165) is 5.57 Å². The van der Waals surface area contributed by atoms with Crippen LogP contribution in [0.4, 0.5) is 0 Å². The molecule has 0 aromatic carbocycles. The summed E-state index contributed by atoms with van der Waals surface area (Å²) in [6.07, 6.45) is -0.238. The first-order chi connectivity index (χ1) is 4.63. The number of hydrogen-bond acceptors (Lipinski definition) is 2. The number of halogens is 1. The number of rotatable bonds is 4. The van der Waals surface area contributed by atoms with Crippen LogP contribution in [0, 0.1) is 0 Å². The molecule has 0 aliphatic rings. The summed E-state index contributed by atoms with van der Waals surface area (Å²) in [6, 6.07) is 0. The topological polar surface area (TPSA) is 18.5 Å². The van der Waals surface area contributed by atoms with Crippen molar-refractivity contribution in [1.29, 1.82) is 0 Å². The van der Waals surface area contributed by atoms with E-state index in [4.69, 9.17) is 9.47 Å². The number of methoxy groups -OCH3 is 2. The number of ether oxygens (including phenoxy) is 2. The van der Waals surface area contributed by atoms with E-state index in [0.29, 0.717) is 0 Å². The molecule has 2 nitrogen and oxygen atoms in total. The molecule has 0 radical (unpaired) electrons. The zero-order valence-corrected chi connectivity index (χ0v) is 8.14. The third-order valence-corrected chi connectivity index (χ3v) is 2.39. The third kappa shape index (κ3) is 2.82. The summed E-state index contributed by atoms with van der Waals surface area (Å²) in [7, 11) is 3.21. The molecule has 0 aliphatic heterocycles. The summed E-state index contributed by atoms with van der Waals surface area (Å²) in [4.78, 5) is 0.0718. The van der Waals surface area contributed by atoms with Crippen LogP contribution in [0.3, 0.4) is 0 Å². The van der Waals surface area contributed by atoms with Crippen LogP contribution in [-0.2, 0) is 9.47 Å². The highest BCUT2D eigenvalue weighted by Crippen LogP contribution is 2.16. The summed E-state index contributed by atoms with van der Waals surface area (Å²) in [6.45, 7) is 5.69. The van der Waals surface area contributed by atoms with Gasteiger partial charge in [-0.25, -0.2) is 0 Å². The van der Waals surface area contributed by atoms with E-state index in [2.05, 4.69) is 22.5 Å². The van der Waals surface area contributed by atoms with E-state index in [9.17, 15) is 0 Å². The van der Waals surface area contributed by atoms with Crippen molar-refractivity contribution in [2.24, 2.45) is 0 Å². The van der Waals surface area contributed by atoms with Crippen LogP contribution in [0.2, 0.25) is 0 Å². The molecule has 0 heterocycles. The van der Waals surface area contributed by atoms with Crippen LogP contribution in [-0.4, -0.2) is 25.3 Å². The lowest BCUT2D eigenvalue weighted by Gasteiger charge is -2.19. The van der Waals surface area contributed by atoms with Gasteiger partial charge in [-0.3, -0.25) is 0 Å². The average Bonchev–Trinajstić information content (AvgIpc) is 1.90. The molecular formula is C7H13BrO2. The Kier molecular flexibility index (Phi) is 4.95. The first kappa shape index (κ1) is 10.1. The molecule has 3 heteroatoms. The third-order valence-electron chi connectivity index (χ3n) is 1.17. The number of hydrogen-bond donors (Lipinski definition) is 0. The van der Waals surface area contributed by atoms with Crippen molar-refractivity contribution in [3.05, 3.63) is 12.2 Å². The van der Waals surface area contributed by atoms with Crippen LogP contribution in [0.15, 0.2) is 12.2 Å². The first-order valence-electron chi connectivity index (χ1n) is 2.98. The fourth-order valence-electron chi connectivity index (χ4n) is 0.567. The predicted molar refractivity (Wildman–Crippen MR) is 45.3 cm³/mol. The second kappa shape index (κ2) is 4.88. The molecule has 0 aromatic rings. The maximum atomic E-state index is 4.99. The molecule has 0 aliphatic carbocycles. The summed E-state index contributed by atoms with van der Waals surface area (Å²) in [5.74, 6) is 0. The summed E-state index contributed by atoms with van der Waals surface area (Å²) in [5.41, 5.74) is 0.994. The molecule has 0 saturated heterocycles. The molecule has 1 unspecified atom stereocenters. The van der Waals surface area contributed by atoms with E-state index in [-0.39, 0.29) is 11.1 Å². The molecule has 10 heavy (non-hydrogen) atoms. The van der Waals surface area contributed by atoms with E-state index < -0.39 is 0 Å². The van der Waals surface area contributed by atoms with Gasteiger partial charge < -0.3 is 9.47 Å². The summed E-state index contributed by atoms with van der Waals surface area (Å²) in [5, 5.41) is 0. The fourth-order valence-corrected chi connectivity index (χ4v) is 0.999. The molecule has 0 saturated carbocycles. The minimum Gasteiger partial charge on any atom is -0.354 e. The van der Waals surface area contributed by atoms with Crippen LogP contribution >= 0.6 is 15.9 Å². The van der Waals surface area contributed by atoms with Gasteiger partial charge in [-0.15, -0.1) is 0 Å². The Labute approximate surface area is 70.3 Å². The molecule has 0 aromatic heterocycles. The minimum atomic E-state index is -0.238. The quantitative estimate of drug-likeness (QED) is 0.400. The van der Waals surface area contributed by atoms with Crippen molar-refractivity contribution in [3.63, 3.8) is 0 Å². The number of alkyl halides is 1. The first-order valence-corrected chi connectivity index (χ1v) is 3.90. The Hall–Kier alpha value is 0.140. The summed E-state index contributed by atoms with van der Waals surface area (Å²) < 4.78 is 9.99. The van der Waals surface area contributed by atoms with Crippen molar-refractivity contribution in [3.8, 4) is 0 Å². The highest BCUT2D eigenvalue weighted by molar-refractivity contribution is 9.09. The van der Waals surface area contributed by atoms with Gasteiger partial charge in [0.1, 0.15) is 0 Å². The molecule has 0 bridgehead atoms. The predicted octanol–water partition coefficient (Wildman–Crippen LogP) is 1.94. The molecule has 1 atom stereocenters. The highest BCUT2D eigenvalue weighted by Gasteiger charge is 2.17. The maximum Gasteiger partial charge on any atom is 0.172 e. The molecule has 0 fully saturated rings. The Morgan fingerprint density at radius 2 is 1.80 bits per heavy atom. The van der Waals surface area contributed by atoms with Crippen molar-refractivity contribution >= 4 is 15.9 Å². The van der Waals surface area contributed by atoms with Gasteiger partial charge in [-0.05, 0) is 6.92 Å². The Morgan fingerprint density at radius 3 is 1.90 bits per heavy atom. The van der Waals surface area contributed by atoms with E-state index >= 15 is 0 Å². The fraction of sp³-hybridized carbons (Fsp3) is 0.714. The highest BCUT2D eigenvalue weighted by atomic mass is 79.9. The Morgan fingerprint density at radius 1 is 1.40 bits per heavy atom. The SMILES string of the molecule is C=C(C)C(Br)C(OC)OC. The molecule has 60 valence electrons. The molecule has 0 amide bonds.